The molecular formula is C25H23ClN6O3. The lowest BCUT2D eigenvalue weighted by molar-refractivity contribution is -0.118. The van der Waals surface area contributed by atoms with Crippen molar-refractivity contribution >= 4 is 45.8 Å². The van der Waals surface area contributed by atoms with Gasteiger partial charge in [-0.25, -0.2) is 9.97 Å². The van der Waals surface area contributed by atoms with E-state index in [-0.39, 0.29) is 30.7 Å². The van der Waals surface area contributed by atoms with E-state index in [0.717, 1.165) is 27.4 Å². The van der Waals surface area contributed by atoms with Crippen LogP contribution in [0.5, 0.6) is 5.75 Å². The van der Waals surface area contributed by atoms with Gasteiger partial charge in [0.05, 0.1) is 11.4 Å². The SMILES string of the molecule is Cc1ccc(CNc2cn(C)c3c(C(=O)NCc4ccc5c(c4)NC(=O)CO5)ncnc23)cc1Cl. The predicted octanol–water partition coefficient (Wildman–Crippen LogP) is 3.80. The highest BCUT2D eigenvalue weighted by Gasteiger charge is 2.19. The van der Waals surface area contributed by atoms with E-state index in [9.17, 15) is 9.59 Å². The minimum atomic E-state index is -0.325. The standard InChI is InChI=1S/C25H23ClN6O3/c1-14-3-4-15(7-17(14)26)9-27-19-11-32(2)24-22(19)29-13-30-23(24)25(34)28-10-16-5-6-20-18(8-16)31-21(33)12-35-20/h3-8,11,13,27H,9-10,12H2,1-2H3,(H,28,34)(H,31,33). The molecule has 0 atom stereocenters. The number of carbonyl (C=O) groups is 2. The van der Waals surface area contributed by atoms with Crippen LogP contribution in [0.15, 0.2) is 48.9 Å². The van der Waals surface area contributed by atoms with Gasteiger partial charge in [0, 0.05) is 31.4 Å². The molecule has 178 valence electrons. The number of nitrogens with one attached hydrogen (secondary N) is 3. The Bertz CT molecular complexity index is 1470. The molecular weight excluding hydrogens is 468 g/mol. The first kappa shape index (κ1) is 22.7. The van der Waals surface area contributed by atoms with Crippen LogP contribution in [0.4, 0.5) is 11.4 Å². The van der Waals surface area contributed by atoms with E-state index in [1.54, 1.807) is 12.1 Å². The minimum Gasteiger partial charge on any atom is -0.482 e. The Hall–Kier alpha value is -4.11. The van der Waals surface area contributed by atoms with Crippen molar-refractivity contribution in [3.8, 4) is 5.75 Å². The summed E-state index contributed by atoms with van der Waals surface area (Å²) in [5.41, 5.74) is 5.82. The highest BCUT2D eigenvalue weighted by molar-refractivity contribution is 6.31. The number of rotatable bonds is 6. The summed E-state index contributed by atoms with van der Waals surface area (Å²) in [6, 6.07) is 11.3. The first-order chi connectivity index (χ1) is 16.9. The summed E-state index contributed by atoms with van der Waals surface area (Å²) in [5, 5.41) is 9.77. The fourth-order valence-corrected chi connectivity index (χ4v) is 4.18. The molecule has 1 aliphatic rings. The van der Waals surface area contributed by atoms with Gasteiger partial charge in [0.25, 0.3) is 11.8 Å². The third-order valence-electron chi connectivity index (χ3n) is 5.82. The zero-order valence-corrected chi connectivity index (χ0v) is 19.9. The number of halogens is 1. The Morgan fingerprint density at radius 1 is 1.17 bits per heavy atom. The number of nitrogens with zero attached hydrogens (tertiary/aromatic N) is 3. The molecule has 0 unspecified atom stereocenters. The lowest BCUT2D eigenvalue weighted by atomic mass is 10.1. The normalized spacial score (nSPS) is 12.6. The molecule has 0 spiro atoms. The fourth-order valence-electron chi connectivity index (χ4n) is 3.97. The van der Waals surface area contributed by atoms with Crippen LogP contribution in [0.25, 0.3) is 11.0 Å². The van der Waals surface area contributed by atoms with Crippen molar-refractivity contribution in [3.63, 3.8) is 0 Å². The van der Waals surface area contributed by atoms with Crippen LogP contribution >= 0.6 is 11.6 Å². The first-order valence-corrected chi connectivity index (χ1v) is 11.4. The van der Waals surface area contributed by atoms with Crippen LogP contribution in [-0.2, 0) is 24.9 Å². The third kappa shape index (κ3) is 4.63. The lowest BCUT2D eigenvalue weighted by Gasteiger charge is -2.18. The lowest BCUT2D eigenvalue weighted by Crippen LogP contribution is -2.26. The van der Waals surface area contributed by atoms with Gasteiger partial charge in [0.2, 0.25) is 0 Å². The van der Waals surface area contributed by atoms with Crippen LogP contribution in [-0.4, -0.2) is 33.0 Å². The Labute approximate surface area is 206 Å². The Morgan fingerprint density at radius 3 is 2.80 bits per heavy atom. The van der Waals surface area contributed by atoms with Crippen molar-refractivity contribution in [1.29, 1.82) is 0 Å². The molecule has 0 saturated carbocycles. The molecule has 2 aromatic carbocycles. The average Bonchev–Trinajstić information content (AvgIpc) is 3.18. The van der Waals surface area contributed by atoms with Crippen molar-refractivity contribution in [2.24, 2.45) is 7.05 Å². The molecule has 5 rings (SSSR count). The van der Waals surface area contributed by atoms with Gasteiger partial charge >= 0.3 is 0 Å². The molecule has 0 saturated heterocycles. The summed E-state index contributed by atoms with van der Waals surface area (Å²) in [6.45, 7) is 2.78. The maximum absolute atomic E-state index is 13.0. The molecule has 10 heteroatoms. The van der Waals surface area contributed by atoms with E-state index in [1.165, 1.54) is 6.33 Å². The quantitative estimate of drug-likeness (QED) is 0.379. The summed E-state index contributed by atoms with van der Waals surface area (Å²) in [6.07, 6.45) is 3.27. The van der Waals surface area contributed by atoms with Gasteiger partial charge in [-0.3, -0.25) is 9.59 Å². The number of aryl methyl sites for hydroxylation is 2. The number of fused-ring (bicyclic) bond motifs is 2. The maximum Gasteiger partial charge on any atom is 0.272 e. The minimum absolute atomic E-state index is 0.000924. The molecule has 3 heterocycles. The van der Waals surface area contributed by atoms with Crippen molar-refractivity contribution in [2.75, 3.05) is 17.2 Å². The molecule has 0 aliphatic carbocycles. The van der Waals surface area contributed by atoms with Gasteiger partial charge in [-0.15, -0.1) is 0 Å². The number of anilines is 2. The Kier molecular flexibility index (Phi) is 6.00. The van der Waals surface area contributed by atoms with Gasteiger partial charge < -0.3 is 25.3 Å². The first-order valence-electron chi connectivity index (χ1n) is 11.0. The van der Waals surface area contributed by atoms with Crippen molar-refractivity contribution in [1.82, 2.24) is 19.9 Å². The molecule has 3 N–H and O–H groups in total. The second-order valence-corrected chi connectivity index (χ2v) is 8.77. The smallest absolute Gasteiger partial charge is 0.272 e. The van der Waals surface area contributed by atoms with Gasteiger partial charge in [-0.1, -0.05) is 29.8 Å². The summed E-state index contributed by atoms with van der Waals surface area (Å²) in [5.74, 6) is 0.0723. The van der Waals surface area contributed by atoms with Crippen LogP contribution < -0.4 is 20.7 Å². The topological polar surface area (TPSA) is 110 Å². The molecule has 1 aliphatic heterocycles. The number of benzene rings is 2. The Morgan fingerprint density at radius 2 is 1.97 bits per heavy atom. The van der Waals surface area contributed by atoms with Gasteiger partial charge in [0.1, 0.15) is 23.1 Å². The molecule has 9 nitrogen and oxygen atoms in total. The molecule has 4 aromatic rings. The number of hydrogen-bond donors (Lipinski definition) is 3. The van der Waals surface area contributed by atoms with E-state index in [2.05, 4.69) is 25.9 Å². The second kappa shape index (κ2) is 9.27. The predicted molar refractivity (Wildman–Crippen MR) is 134 cm³/mol. The summed E-state index contributed by atoms with van der Waals surface area (Å²) >= 11 is 6.24. The highest BCUT2D eigenvalue weighted by atomic mass is 35.5. The maximum atomic E-state index is 13.0. The van der Waals surface area contributed by atoms with Gasteiger partial charge in [0.15, 0.2) is 12.3 Å². The van der Waals surface area contributed by atoms with Crippen molar-refractivity contribution < 1.29 is 14.3 Å². The monoisotopic (exact) mass is 490 g/mol. The number of hydrogen-bond acceptors (Lipinski definition) is 6. The average molecular weight is 491 g/mol. The van der Waals surface area contributed by atoms with Crippen LogP contribution in [0.2, 0.25) is 5.02 Å². The summed E-state index contributed by atoms with van der Waals surface area (Å²) in [4.78, 5) is 33.3. The van der Waals surface area contributed by atoms with Crippen molar-refractivity contribution in [3.05, 3.63) is 76.3 Å². The van der Waals surface area contributed by atoms with Gasteiger partial charge in [-0.2, -0.15) is 0 Å². The number of aromatic nitrogens is 3. The number of ether oxygens (including phenoxy) is 1. The van der Waals surface area contributed by atoms with E-state index >= 15 is 0 Å². The van der Waals surface area contributed by atoms with E-state index in [1.807, 2.05) is 49.0 Å². The molecule has 0 radical (unpaired) electrons. The van der Waals surface area contributed by atoms with Crippen molar-refractivity contribution in [2.45, 2.75) is 20.0 Å². The highest BCUT2D eigenvalue weighted by Crippen LogP contribution is 2.29. The molecule has 2 amide bonds. The Balaban J connectivity index is 1.32. The zero-order chi connectivity index (χ0) is 24.5. The van der Waals surface area contributed by atoms with Crippen LogP contribution in [0, 0.1) is 6.92 Å². The second-order valence-electron chi connectivity index (χ2n) is 8.36. The molecule has 0 fully saturated rings. The fraction of sp³-hybridized carbons (Fsp3) is 0.200. The van der Waals surface area contributed by atoms with E-state index in [0.29, 0.717) is 29.0 Å². The number of carbonyl (C=O) groups excluding carboxylic acids is 2. The third-order valence-corrected chi connectivity index (χ3v) is 6.22. The zero-order valence-electron chi connectivity index (χ0n) is 19.2. The summed E-state index contributed by atoms with van der Waals surface area (Å²) < 4.78 is 7.21. The molecule has 35 heavy (non-hydrogen) atoms. The largest absolute Gasteiger partial charge is 0.482 e. The van der Waals surface area contributed by atoms with Crippen LogP contribution in [0.1, 0.15) is 27.2 Å². The molecule has 2 aromatic heterocycles. The number of amides is 2. The summed E-state index contributed by atoms with van der Waals surface area (Å²) in [7, 11) is 1.85. The van der Waals surface area contributed by atoms with E-state index in [4.69, 9.17) is 16.3 Å². The van der Waals surface area contributed by atoms with Crippen LogP contribution in [0.3, 0.4) is 0 Å². The molecule has 0 bridgehead atoms. The van der Waals surface area contributed by atoms with E-state index < -0.39 is 0 Å². The van der Waals surface area contributed by atoms with Gasteiger partial charge in [-0.05, 0) is 41.8 Å².